The number of ether oxygens (including phenoxy) is 1. The van der Waals surface area contributed by atoms with Crippen molar-refractivity contribution in [1.29, 1.82) is 0 Å². The molecule has 8 heteroatoms. The van der Waals surface area contributed by atoms with Gasteiger partial charge < -0.3 is 24.7 Å². The third-order valence-corrected chi connectivity index (χ3v) is 8.22. The summed E-state index contributed by atoms with van der Waals surface area (Å²) in [6, 6.07) is 4.95. The number of carboxylic acids is 1. The molecule has 3 heterocycles. The van der Waals surface area contributed by atoms with Gasteiger partial charge in [-0.2, -0.15) is 0 Å². The molecule has 3 fully saturated rings. The fraction of sp³-hybridized carbons (Fsp3) is 0.593. The SMILES string of the molecule is C=CCN(C(=O)C1N(CCCCO)C(=O)[C@@H]2[C@@H](C(=O)O)[C@@]3(CC)CCC12O3)c1cc(C)ccc1C. The Morgan fingerprint density at radius 2 is 2.03 bits per heavy atom. The number of aliphatic hydroxyl groups excluding tert-OH is 1. The summed E-state index contributed by atoms with van der Waals surface area (Å²) < 4.78 is 6.59. The van der Waals surface area contributed by atoms with Gasteiger partial charge in [-0.25, -0.2) is 0 Å². The number of anilines is 1. The van der Waals surface area contributed by atoms with Gasteiger partial charge in [-0.3, -0.25) is 14.4 Å². The van der Waals surface area contributed by atoms with Crippen LogP contribution in [0.1, 0.15) is 50.2 Å². The number of unbranched alkanes of at least 4 members (excludes halogenated alkanes) is 1. The number of carbonyl (C=O) groups is 3. The standard InChI is InChI=1S/C27H36N2O6/c1-5-13-28(19-16-17(3)9-10-18(19)4)24(32)22-27-12-11-26(6-2,35-27)21(25(33)34)20(27)23(31)29(22)14-7-8-15-30/h5,9-10,16,20-22,30H,1,6-8,11-15H2,2-4H3,(H,33,34)/t20-,21-,22?,26+,27?/m0/s1. The molecule has 1 spiro atoms. The van der Waals surface area contributed by atoms with E-state index in [2.05, 4.69) is 6.58 Å². The predicted octanol–water partition coefficient (Wildman–Crippen LogP) is 2.83. The van der Waals surface area contributed by atoms with Crippen molar-refractivity contribution in [3.63, 3.8) is 0 Å². The maximum absolute atomic E-state index is 14.4. The summed E-state index contributed by atoms with van der Waals surface area (Å²) in [6.45, 7) is 10.1. The number of hydrogen-bond donors (Lipinski definition) is 2. The van der Waals surface area contributed by atoms with Crippen LogP contribution in [0.4, 0.5) is 5.69 Å². The van der Waals surface area contributed by atoms with E-state index in [1.54, 1.807) is 11.0 Å². The molecule has 1 aromatic carbocycles. The molecule has 5 atom stereocenters. The summed E-state index contributed by atoms with van der Waals surface area (Å²) in [6.07, 6.45) is 4.08. The summed E-state index contributed by atoms with van der Waals surface area (Å²) in [5, 5.41) is 19.5. The van der Waals surface area contributed by atoms with E-state index >= 15 is 0 Å². The normalized spacial score (nSPS) is 31.0. The largest absolute Gasteiger partial charge is 0.481 e. The van der Waals surface area contributed by atoms with Crippen molar-refractivity contribution in [2.24, 2.45) is 11.8 Å². The number of rotatable bonds is 10. The van der Waals surface area contributed by atoms with Crippen LogP contribution in [0.3, 0.4) is 0 Å². The van der Waals surface area contributed by atoms with Crippen molar-refractivity contribution in [2.45, 2.75) is 70.1 Å². The first-order valence-electron chi connectivity index (χ1n) is 12.5. The van der Waals surface area contributed by atoms with Crippen LogP contribution < -0.4 is 4.90 Å². The van der Waals surface area contributed by atoms with Crippen molar-refractivity contribution >= 4 is 23.5 Å². The molecule has 0 saturated carbocycles. The van der Waals surface area contributed by atoms with E-state index < -0.39 is 35.0 Å². The number of carbonyl (C=O) groups excluding carboxylic acids is 2. The van der Waals surface area contributed by atoms with Crippen LogP contribution in [-0.4, -0.2) is 69.8 Å². The van der Waals surface area contributed by atoms with Crippen molar-refractivity contribution in [2.75, 3.05) is 24.6 Å². The highest BCUT2D eigenvalue weighted by Crippen LogP contribution is 2.64. The minimum Gasteiger partial charge on any atom is -0.481 e. The molecule has 2 bridgehead atoms. The Labute approximate surface area is 206 Å². The lowest BCUT2D eigenvalue weighted by atomic mass is 9.65. The number of aliphatic hydroxyl groups is 1. The van der Waals surface area contributed by atoms with Gasteiger partial charge in [-0.05, 0) is 63.1 Å². The zero-order valence-corrected chi connectivity index (χ0v) is 20.8. The number of aryl methyl sites for hydroxylation is 2. The molecule has 35 heavy (non-hydrogen) atoms. The number of amides is 2. The van der Waals surface area contributed by atoms with E-state index in [9.17, 15) is 24.6 Å². The summed E-state index contributed by atoms with van der Waals surface area (Å²) in [5.41, 5.74) is 0.541. The molecule has 8 nitrogen and oxygen atoms in total. The lowest BCUT2D eigenvalue weighted by molar-refractivity contribution is -0.155. The van der Waals surface area contributed by atoms with Crippen LogP contribution in [-0.2, 0) is 19.1 Å². The quantitative estimate of drug-likeness (QED) is 0.391. The zero-order chi connectivity index (χ0) is 25.5. The van der Waals surface area contributed by atoms with E-state index in [1.807, 2.05) is 39.0 Å². The van der Waals surface area contributed by atoms with E-state index in [0.29, 0.717) is 32.1 Å². The molecule has 3 saturated heterocycles. The molecule has 3 aliphatic rings. The summed E-state index contributed by atoms with van der Waals surface area (Å²) in [7, 11) is 0. The first-order valence-corrected chi connectivity index (χ1v) is 12.5. The molecule has 190 valence electrons. The highest BCUT2D eigenvalue weighted by atomic mass is 16.5. The average Bonchev–Trinajstić information content (AvgIpc) is 3.43. The van der Waals surface area contributed by atoms with Gasteiger partial charge in [-0.1, -0.05) is 25.1 Å². The fourth-order valence-corrected chi connectivity index (χ4v) is 6.60. The molecule has 3 aliphatic heterocycles. The van der Waals surface area contributed by atoms with Crippen molar-refractivity contribution in [3.05, 3.63) is 42.0 Å². The molecule has 1 aromatic rings. The summed E-state index contributed by atoms with van der Waals surface area (Å²) >= 11 is 0. The Bertz CT molecular complexity index is 1040. The highest BCUT2D eigenvalue weighted by molar-refractivity contribution is 6.05. The van der Waals surface area contributed by atoms with Crippen molar-refractivity contribution in [3.8, 4) is 0 Å². The molecule has 0 aliphatic carbocycles. The minimum atomic E-state index is -1.18. The van der Waals surface area contributed by atoms with Gasteiger partial charge in [0, 0.05) is 25.4 Å². The number of carboxylic acid groups (broad SMARTS) is 1. The maximum atomic E-state index is 14.4. The predicted molar refractivity (Wildman–Crippen MR) is 131 cm³/mol. The van der Waals surface area contributed by atoms with E-state index in [-0.39, 0.29) is 31.5 Å². The third kappa shape index (κ3) is 3.78. The Kier molecular flexibility index (Phi) is 6.81. The van der Waals surface area contributed by atoms with Gasteiger partial charge >= 0.3 is 5.97 Å². The maximum Gasteiger partial charge on any atom is 0.310 e. The average molecular weight is 485 g/mol. The topological polar surface area (TPSA) is 107 Å². The minimum absolute atomic E-state index is 0.0203. The second kappa shape index (κ2) is 9.39. The number of fused-ring (bicyclic) bond motifs is 1. The monoisotopic (exact) mass is 484 g/mol. The Morgan fingerprint density at radius 1 is 1.29 bits per heavy atom. The first kappa shape index (κ1) is 25.4. The Hall–Kier alpha value is -2.71. The lowest BCUT2D eigenvalue weighted by Gasteiger charge is -2.37. The Morgan fingerprint density at radius 3 is 2.66 bits per heavy atom. The second-order valence-corrected chi connectivity index (χ2v) is 10.2. The van der Waals surface area contributed by atoms with Gasteiger partial charge in [0.2, 0.25) is 5.91 Å². The first-order chi connectivity index (χ1) is 16.7. The van der Waals surface area contributed by atoms with E-state index in [4.69, 9.17) is 4.74 Å². The highest BCUT2D eigenvalue weighted by Gasteiger charge is 2.79. The van der Waals surface area contributed by atoms with Gasteiger partial charge in [0.05, 0.1) is 11.5 Å². The van der Waals surface area contributed by atoms with Crippen molar-refractivity contribution < 1.29 is 29.3 Å². The van der Waals surface area contributed by atoms with Gasteiger partial charge in [-0.15, -0.1) is 6.58 Å². The number of hydrogen-bond acceptors (Lipinski definition) is 5. The summed E-state index contributed by atoms with van der Waals surface area (Å²) in [4.78, 5) is 43.8. The van der Waals surface area contributed by atoms with Crippen LogP contribution >= 0.6 is 0 Å². The number of nitrogens with zero attached hydrogens (tertiary/aromatic N) is 2. The summed E-state index contributed by atoms with van der Waals surface area (Å²) in [5.74, 6) is -3.55. The van der Waals surface area contributed by atoms with Crippen molar-refractivity contribution in [1.82, 2.24) is 4.90 Å². The fourth-order valence-electron chi connectivity index (χ4n) is 6.60. The molecular weight excluding hydrogens is 448 g/mol. The van der Waals surface area contributed by atoms with Gasteiger partial charge in [0.15, 0.2) is 0 Å². The number of likely N-dealkylation sites (tertiary alicyclic amines) is 1. The molecule has 2 N–H and O–H groups in total. The molecule has 2 amide bonds. The van der Waals surface area contributed by atoms with Gasteiger partial charge in [0.1, 0.15) is 17.6 Å². The molecule has 0 radical (unpaired) electrons. The van der Waals surface area contributed by atoms with E-state index in [0.717, 1.165) is 16.8 Å². The molecule has 0 aromatic heterocycles. The third-order valence-electron chi connectivity index (χ3n) is 8.22. The molecule has 2 unspecified atom stereocenters. The van der Waals surface area contributed by atoms with Crippen LogP contribution in [0.2, 0.25) is 0 Å². The number of benzene rings is 1. The van der Waals surface area contributed by atoms with Crippen LogP contribution in [0.25, 0.3) is 0 Å². The number of aliphatic carboxylic acids is 1. The van der Waals surface area contributed by atoms with Crippen LogP contribution in [0.5, 0.6) is 0 Å². The van der Waals surface area contributed by atoms with Crippen LogP contribution in [0, 0.1) is 25.7 Å². The van der Waals surface area contributed by atoms with Gasteiger partial charge in [0.25, 0.3) is 5.91 Å². The van der Waals surface area contributed by atoms with Crippen LogP contribution in [0.15, 0.2) is 30.9 Å². The van der Waals surface area contributed by atoms with E-state index in [1.165, 1.54) is 4.90 Å². The zero-order valence-electron chi connectivity index (χ0n) is 20.8. The smallest absolute Gasteiger partial charge is 0.310 e. The molecule has 4 rings (SSSR count). The molecular formula is C27H36N2O6. The second-order valence-electron chi connectivity index (χ2n) is 10.2. The Balaban J connectivity index is 1.82. The lowest BCUT2D eigenvalue weighted by Crippen LogP contribution is -2.56.